The molecule has 1 aromatic rings. The van der Waals surface area contributed by atoms with Gasteiger partial charge in [-0.1, -0.05) is 31.8 Å². The molecule has 6 heteroatoms. The molecule has 1 aromatic carbocycles. The van der Waals surface area contributed by atoms with Gasteiger partial charge in [0.1, 0.15) is 0 Å². The molecule has 0 unspecified atom stereocenters. The molecule has 1 nitrogen and oxygen atoms in total. The molecular formula is C24H31F5O. The maximum Gasteiger partial charge on any atom is 0.573 e. The van der Waals surface area contributed by atoms with Crippen LogP contribution in [0, 0.1) is 29.4 Å². The van der Waals surface area contributed by atoms with Gasteiger partial charge in [-0.15, -0.1) is 19.8 Å². The van der Waals surface area contributed by atoms with Gasteiger partial charge in [0.15, 0.2) is 11.6 Å². The van der Waals surface area contributed by atoms with Gasteiger partial charge in [-0.25, -0.2) is 8.78 Å². The van der Waals surface area contributed by atoms with E-state index < -0.39 is 23.7 Å². The molecule has 168 valence electrons. The second kappa shape index (κ2) is 10.1. The highest BCUT2D eigenvalue weighted by Gasteiger charge is 2.34. The third-order valence-electron chi connectivity index (χ3n) is 7.01. The van der Waals surface area contributed by atoms with Crippen LogP contribution in [0.25, 0.3) is 0 Å². The maximum atomic E-state index is 14.0. The summed E-state index contributed by atoms with van der Waals surface area (Å²) in [5, 5.41) is 0. The molecule has 0 aromatic heterocycles. The SMILES string of the molecule is C=CCC1CCC(CCC2CCC(c3cc(F)c(OC(F)(F)F)c(F)c3)CC2)CC1. The first-order chi connectivity index (χ1) is 14.2. The van der Waals surface area contributed by atoms with Crippen LogP contribution in [-0.4, -0.2) is 6.36 Å². The van der Waals surface area contributed by atoms with Gasteiger partial charge in [-0.05, 0) is 86.3 Å². The highest BCUT2D eigenvalue weighted by molar-refractivity contribution is 5.33. The van der Waals surface area contributed by atoms with Crippen LogP contribution < -0.4 is 4.74 Å². The molecular weight excluding hydrogens is 399 g/mol. The minimum Gasteiger partial charge on any atom is -0.399 e. The zero-order valence-corrected chi connectivity index (χ0v) is 17.3. The number of hydrogen-bond donors (Lipinski definition) is 0. The van der Waals surface area contributed by atoms with Crippen molar-refractivity contribution in [3.63, 3.8) is 0 Å². The van der Waals surface area contributed by atoms with Gasteiger partial charge in [0.2, 0.25) is 5.75 Å². The van der Waals surface area contributed by atoms with Crippen LogP contribution in [0.3, 0.4) is 0 Å². The Balaban J connectivity index is 1.46. The summed E-state index contributed by atoms with van der Waals surface area (Å²) in [5.74, 6) is -1.72. The molecule has 2 aliphatic rings. The van der Waals surface area contributed by atoms with E-state index in [2.05, 4.69) is 11.3 Å². The average Bonchev–Trinajstić information content (AvgIpc) is 2.70. The first kappa shape index (κ1) is 23.1. The van der Waals surface area contributed by atoms with Gasteiger partial charge >= 0.3 is 6.36 Å². The maximum absolute atomic E-state index is 14.0. The van der Waals surface area contributed by atoms with Crippen molar-refractivity contribution in [2.75, 3.05) is 0 Å². The lowest BCUT2D eigenvalue weighted by Crippen LogP contribution is -2.20. The topological polar surface area (TPSA) is 9.23 Å². The minimum atomic E-state index is -5.12. The van der Waals surface area contributed by atoms with Gasteiger partial charge in [-0.2, -0.15) is 0 Å². The lowest BCUT2D eigenvalue weighted by Gasteiger charge is -2.32. The summed E-state index contributed by atoms with van der Waals surface area (Å²) in [6.45, 7) is 3.83. The van der Waals surface area contributed by atoms with Crippen molar-refractivity contribution in [2.45, 2.75) is 82.9 Å². The Morgan fingerprint density at radius 2 is 1.30 bits per heavy atom. The number of rotatable bonds is 7. The molecule has 0 atom stereocenters. The fraction of sp³-hybridized carbons (Fsp3) is 0.667. The molecule has 2 fully saturated rings. The average molecular weight is 431 g/mol. The zero-order valence-electron chi connectivity index (χ0n) is 17.3. The summed E-state index contributed by atoms with van der Waals surface area (Å²) in [7, 11) is 0. The zero-order chi connectivity index (χ0) is 21.7. The van der Waals surface area contributed by atoms with Crippen LogP contribution in [0.2, 0.25) is 0 Å². The van der Waals surface area contributed by atoms with E-state index in [4.69, 9.17) is 0 Å². The van der Waals surface area contributed by atoms with Crippen LogP contribution in [-0.2, 0) is 0 Å². The lowest BCUT2D eigenvalue weighted by atomic mass is 9.74. The molecule has 0 amide bonds. The fourth-order valence-electron chi connectivity index (χ4n) is 5.28. The molecule has 3 rings (SSSR count). The number of ether oxygens (including phenoxy) is 1. The molecule has 0 saturated heterocycles. The van der Waals surface area contributed by atoms with E-state index in [-0.39, 0.29) is 5.92 Å². The normalized spacial score (nSPS) is 27.6. The Morgan fingerprint density at radius 1 is 0.833 bits per heavy atom. The van der Waals surface area contributed by atoms with Gasteiger partial charge in [0.05, 0.1) is 0 Å². The Labute approximate surface area is 175 Å². The highest BCUT2D eigenvalue weighted by Crippen LogP contribution is 2.41. The van der Waals surface area contributed by atoms with E-state index in [1.807, 2.05) is 6.08 Å². The monoisotopic (exact) mass is 430 g/mol. The van der Waals surface area contributed by atoms with Crippen molar-refractivity contribution in [1.82, 2.24) is 0 Å². The van der Waals surface area contributed by atoms with Crippen LogP contribution in [0.4, 0.5) is 22.0 Å². The second-order valence-electron chi connectivity index (χ2n) is 9.07. The molecule has 0 heterocycles. The van der Waals surface area contributed by atoms with Crippen LogP contribution in [0.15, 0.2) is 24.8 Å². The number of alkyl halides is 3. The van der Waals surface area contributed by atoms with Crippen molar-refractivity contribution in [3.05, 3.63) is 42.0 Å². The van der Waals surface area contributed by atoms with Crippen LogP contribution in [0.5, 0.6) is 5.75 Å². The van der Waals surface area contributed by atoms with E-state index in [0.29, 0.717) is 11.5 Å². The molecule has 30 heavy (non-hydrogen) atoms. The molecule has 2 aliphatic carbocycles. The third-order valence-corrected chi connectivity index (χ3v) is 7.01. The predicted octanol–water partition coefficient (Wildman–Crippen LogP) is 8.30. The lowest BCUT2D eigenvalue weighted by molar-refractivity contribution is -0.276. The third kappa shape index (κ3) is 6.45. The molecule has 0 radical (unpaired) electrons. The Hall–Kier alpha value is -1.59. The highest BCUT2D eigenvalue weighted by atomic mass is 19.4. The largest absolute Gasteiger partial charge is 0.573 e. The van der Waals surface area contributed by atoms with Crippen LogP contribution in [0.1, 0.15) is 82.1 Å². The summed E-state index contributed by atoms with van der Waals surface area (Å²) >= 11 is 0. The van der Waals surface area contributed by atoms with E-state index >= 15 is 0 Å². The summed E-state index contributed by atoms with van der Waals surface area (Å²) in [6.07, 6.45) is 9.32. The van der Waals surface area contributed by atoms with E-state index in [9.17, 15) is 22.0 Å². The van der Waals surface area contributed by atoms with Gasteiger partial charge < -0.3 is 4.74 Å². The van der Waals surface area contributed by atoms with E-state index in [1.54, 1.807) is 0 Å². The first-order valence-corrected chi connectivity index (χ1v) is 11.1. The quantitative estimate of drug-likeness (QED) is 0.312. The van der Waals surface area contributed by atoms with Gasteiger partial charge in [0, 0.05) is 0 Å². The molecule has 0 N–H and O–H groups in total. The summed E-state index contributed by atoms with van der Waals surface area (Å²) in [6, 6.07) is 1.99. The number of benzene rings is 1. The van der Waals surface area contributed by atoms with Crippen LogP contribution >= 0.6 is 0 Å². The number of halogens is 5. The Bertz CT molecular complexity index is 675. The van der Waals surface area contributed by atoms with E-state index in [1.165, 1.54) is 38.5 Å². The molecule has 0 aliphatic heterocycles. The molecule has 0 spiro atoms. The fourth-order valence-corrected chi connectivity index (χ4v) is 5.28. The van der Waals surface area contributed by atoms with Gasteiger partial charge in [-0.3, -0.25) is 0 Å². The van der Waals surface area contributed by atoms with Crippen molar-refractivity contribution in [3.8, 4) is 5.75 Å². The summed E-state index contributed by atoms with van der Waals surface area (Å²) in [4.78, 5) is 0. The smallest absolute Gasteiger partial charge is 0.399 e. The Kier molecular flexibility index (Phi) is 7.81. The minimum absolute atomic E-state index is 0.0143. The van der Waals surface area contributed by atoms with E-state index in [0.717, 1.165) is 56.1 Å². The number of hydrogen-bond acceptors (Lipinski definition) is 1. The van der Waals surface area contributed by atoms with Crippen molar-refractivity contribution in [1.29, 1.82) is 0 Å². The van der Waals surface area contributed by atoms with Gasteiger partial charge in [0.25, 0.3) is 0 Å². The van der Waals surface area contributed by atoms with Crippen molar-refractivity contribution < 1.29 is 26.7 Å². The number of allylic oxidation sites excluding steroid dienone is 1. The standard InChI is InChI=1S/C24H31F5O/c1-2-3-16-4-6-17(7-5-16)8-9-18-10-12-19(13-11-18)20-14-21(25)23(22(26)15-20)30-24(27,28)29/h2,14-19H,1,3-13H2. The second-order valence-corrected chi connectivity index (χ2v) is 9.07. The molecule has 0 bridgehead atoms. The van der Waals surface area contributed by atoms with Crippen molar-refractivity contribution in [2.24, 2.45) is 17.8 Å². The first-order valence-electron chi connectivity index (χ1n) is 11.1. The summed E-state index contributed by atoms with van der Waals surface area (Å²) < 4.78 is 68.4. The molecule has 2 saturated carbocycles. The predicted molar refractivity (Wildman–Crippen MR) is 107 cm³/mol. The summed E-state index contributed by atoms with van der Waals surface area (Å²) in [5.41, 5.74) is 0.429. The Morgan fingerprint density at radius 3 is 1.77 bits per heavy atom. The van der Waals surface area contributed by atoms with Crippen molar-refractivity contribution >= 4 is 0 Å².